The Morgan fingerprint density at radius 2 is 2.05 bits per heavy atom. The Labute approximate surface area is 118 Å². The van der Waals surface area contributed by atoms with Gasteiger partial charge in [0.15, 0.2) is 0 Å². The Morgan fingerprint density at radius 1 is 1.40 bits per heavy atom. The minimum Gasteiger partial charge on any atom is -0.480 e. The van der Waals surface area contributed by atoms with Gasteiger partial charge in [0.2, 0.25) is 11.8 Å². The maximum Gasteiger partial charge on any atom is 0.329 e. The molecule has 2 aliphatic rings. The van der Waals surface area contributed by atoms with E-state index in [1.807, 2.05) is 0 Å². The molecule has 6 nitrogen and oxygen atoms in total. The van der Waals surface area contributed by atoms with Crippen LogP contribution >= 0.6 is 0 Å². The lowest BCUT2D eigenvalue weighted by Gasteiger charge is -2.36. The summed E-state index contributed by atoms with van der Waals surface area (Å²) in [5, 5.41) is 12.1. The Hall–Kier alpha value is -1.59. The topological polar surface area (TPSA) is 86.7 Å². The summed E-state index contributed by atoms with van der Waals surface area (Å²) in [4.78, 5) is 36.5. The van der Waals surface area contributed by atoms with Crippen molar-refractivity contribution >= 4 is 17.8 Å². The van der Waals surface area contributed by atoms with E-state index in [1.165, 1.54) is 4.90 Å². The number of rotatable bonds is 4. The molecule has 2 amide bonds. The van der Waals surface area contributed by atoms with Gasteiger partial charge in [-0.2, -0.15) is 0 Å². The number of hydrogen-bond donors (Lipinski definition) is 2. The molecule has 0 radical (unpaired) electrons. The molecule has 2 fully saturated rings. The fourth-order valence-electron chi connectivity index (χ4n) is 3.00. The van der Waals surface area contributed by atoms with Crippen molar-refractivity contribution in [1.82, 2.24) is 10.2 Å². The summed E-state index contributed by atoms with van der Waals surface area (Å²) >= 11 is 0. The van der Waals surface area contributed by atoms with Crippen molar-refractivity contribution in [3.8, 4) is 0 Å². The Kier molecular flexibility index (Phi) is 4.30. The second-order valence-corrected chi connectivity index (χ2v) is 6.04. The predicted octanol–water partition coefficient (Wildman–Crippen LogP) is 0.758. The van der Waals surface area contributed by atoms with Gasteiger partial charge < -0.3 is 15.3 Å². The van der Waals surface area contributed by atoms with E-state index >= 15 is 0 Å². The van der Waals surface area contributed by atoms with Crippen LogP contribution in [0.2, 0.25) is 0 Å². The first-order chi connectivity index (χ1) is 9.43. The number of hydrogen-bond acceptors (Lipinski definition) is 3. The molecular formula is C14H22N2O4. The number of amides is 2. The zero-order valence-corrected chi connectivity index (χ0v) is 11.9. The molecule has 1 saturated heterocycles. The zero-order chi connectivity index (χ0) is 14.8. The highest BCUT2D eigenvalue weighted by atomic mass is 16.4. The number of carboxylic acid groups (broad SMARTS) is 1. The van der Waals surface area contributed by atoms with E-state index in [-0.39, 0.29) is 18.4 Å². The van der Waals surface area contributed by atoms with Crippen LogP contribution in [0.15, 0.2) is 0 Å². The van der Waals surface area contributed by atoms with Crippen molar-refractivity contribution < 1.29 is 19.5 Å². The Morgan fingerprint density at radius 3 is 2.55 bits per heavy atom. The molecule has 0 aromatic carbocycles. The molecule has 0 bridgehead atoms. The normalized spacial score (nSPS) is 30.4. The van der Waals surface area contributed by atoms with Gasteiger partial charge in [-0.15, -0.1) is 0 Å². The summed E-state index contributed by atoms with van der Waals surface area (Å²) in [6.07, 6.45) is 3.78. The van der Waals surface area contributed by atoms with Crippen molar-refractivity contribution in [3.05, 3.63) is 0 Å². The van der Waals surface area contributed by atoms with E-state index in [0.717, 1.165) is 19.3 Å². The molecule has 20 heavy (non-hydrogen) atoms. The minimum absolute atomic E-state index is 0.0244. The third kappa shape index (κ3) is 3.11. The quantitative estimate of drug-likeness (QED) is 0.797. The highest BCUT2D eigenvalue weighted by Gasteiger charge is 2.42. The number of likely N-dealkylation sites (tertiary alicyclic amines) is 1. The van der Waals surface area contributed by atoms with Crippen LogP contribution in [0.25, 0.3) is 0 Å². The second-order valence-electron chi connectivity index (χ2n) is 6.04. The highest BCUT2D eigenvalue weighted by Crippen LogP contribution is 2.32. The summed E-state index contributed by atoms with van der Waals surface area (Å²) < 4.78 is 0. The molecule has 1 heterocycles. The monoisotopic (exact) mass is 282 g/mol. The molecule has 1 aliphatic carbocycles. The van der Waals surface area contributed by atoms with Crippen LogP contribution in [-0.4, -0.2) is 46.4 Å². The largest absolute Gasteiger partial charge is 0.480 e. The van der Waals surface area contributed by atoms with Gasteiger partial charge in [-0.3, -0.25) is 9.59 Å². The molecular weight excluding hydrogens is 260 g/mol. The van der Waals surface area contributed by atoms with Crippen LogP contribution < -0.4 is 5.32 Å². The van der Waals surface area contributed by atoms with E-state index in [1.54, 1.807) is 0 Å². The molecule has 1 aliphatic heterocycles. The van der Waals surface area contributed by atoms with Crippen LogP contribution in [0, 0.1) is 5.92 Å². The van der Waals surface area contributed by atoms with Crippen molar-refractivity contribution in [3.63, 3.8) is 0 Å². The Balaban J connectivity index is 1.96. The van der Waals surface area contributed by atoms with Crippen molar-refractivity contribution in [1.29, 1.82) is 0 Å². The SMILES string of the molecule is CC1CCC(NC(=O)CN2CCCC2=O)(C(=O)O)CC1. The van der Waals surface area contributed by atoms with Gasteiger partial charge in [0.1, 0.15) is 5.54 Å². The van der Waals surface area contributed by atoms with Gasteiger partial charge in [0.25, 0.3) is 0 Å². The van der Waals surface area contributed by atoms with Crippen LogP contribution in [-0.2, 0) is 14.4 Å². The lowest BCUT2D eigenvalue weighted by Crippen LogP contribution is -2.58. The predicted molar refractivity (Wildman–Crippen MR) is 72.0 cm³/mol. The number of nitrogens with one attached hydrogen (secondary N) is 1. The average Bonchev–Trinajstić information content (AvgIpc) is 2.78. The first kappa shape index (κ1) is 14.8. The lowest BCUT2D eigenvalue weighted by atomic mass is 9.77. The van der Waals surface area contributed by atoms with Crippen LogP contribution in [0.1, 0.15) is 45.4 Å². The van der Waals surface area contributed by atoms with Crippen molar-refractivity contribution in [2.75, 3.05) is 13.1 Å². The number of aliphatic carboxylic acids is 1. The molecule has 2 N–H and O–H groups in total. The van der Waals surface area contributed by atoms with Gasteiger partial charge in [-0.05, 0) is 38.0 Å². The second kappa shape index (κ2) is 5.81. The van der Waals surface area contributed by atoms with E-state index in [0.29, 0.717) is 31.7 Å². The molecule has 0 aromatic rings. The summed E-state index contributed by atoms with van der Waals surface area (Å²) in [5.41, 5.74) is -1.15. The molecule has 0 spiro atoms. The minimum atomic E-state index is -1.15. The molecule has 0 unspecified atom stereocenters. The van der Waals surface area contributed by atoms with Crippen LogP contribution in [0.5, 0.6) is 0 Å². The van der Waals surface area contributed by atoms with Gasteiger partial charge >= 0.3 is 5.97 Å². The lowest BCUT2D eigenvalue weighted by molar-refractivity contribution is -0.150. The molecule has 1 saturated carbocycles. The maximum atomic E-state index is 12.0. The number of carbonyl (C=O) groups excluding carboxylic acids is 2. The molecule has 112 valence electrons. The van der Waals surface area contributed by atoms with Crippen molar-refractivity contribution in [2.45, 2.75) is 51.0 Å². The highest BCUT2D eigenvalue weighted by molar-refractivity contribution is 5.90. The number of carbonyl (C=O) groups is 3. The van der Waals surface area contributed by atoms with Gasteiger partial charge in [0.05, 0.1) is 6.54 Å². The summed E-state index contributed by atoms with van der Waals surface area (Å²) in [6, 6.07) is 0. The molecule has 0 atom stereocenters. The average molecular weight is 282 g/mol. The van der Waals surface area contributed by atoms with E-state index < -0.39 is 11.5 Å². The smallest absolute Gasteiger partial charge is 0.329 e. The fourth-order valence-corrected chi connectivity index (χ4v) is 3.00. The Bertz CT molecular complexity index is 413. The molecule has 6 heteroatoms. The molecule has 2 rings (SSSR count). The van der Waals surface area contributed by atoms with E-state index in [2.05, 4.69) is 12.2 Å². The summed E-state index contributed by atoms with van der Waals surface area (Å²) in [5.74, 6) is -0.857. The number of nitrogens with zero attached hydrogens (tertiary/aromatic N) is 1. The fraction of sp³-hybridized carbons (Fsp3) is 0.786. The first-order valence-electron chi connectivity index (χ1n) is 7.25. The van der Waals surface area contributed by atoms with Crippen LogP contribution in [0.3, 0.4) is 0 Å². The summed E-state index contributed by atoms with van der Waals surface area (Å²) in [6.45, 7) is 2.66. The van der Waals surface area contributed by atoms with E-state index in [9.17, 15) is 19.5 Å². The first-order valence-corrected chi connectivity index (χ1v) is 7.25. The van der Waals surface area contributed by atoms with Gasteiger partial charge in [0, 0.05) is 13.0 Å². The third-order valence-electron chi connectivity index (χ3n) is 4.42. The van der Waals surface area contributed by atoms with E-state index in [4.69, 9.17) is 0 Å². The molecule has 0 aromatic heterocycles. The standard InChI is InChI=1S/C14H22N2O4/c1-10-4-6-14(7-5-10,13(19)20)15-11(17)9-16-8-2-3-12(16)18/h10H,2-9H2,1H3,(H,15,17)(H,19,20). The van der Waals surface area contributed by atoms with Crippen LogP contribution in [0.4, 0.5) is 0 Å². The van der Waals surface area contributed by atoms with Crippen molar-refractivity contribution in [2.24, 2.45) is 5.92 Å². The van der Waals surface area contributed by atoms with Gasteiger partial charge in [-0.25, -0.2) is 4.79 Å². The zero-order valence-electron chi connectivity index (χ0n) is 11.9. The van der Waals surface area contributed by atoms with Gasteiger partial charge in [-0.1, -0.05) is 6.92 Å². The number of carboxylic acids is 1. The summed E-state index contributed by atoms with van der Waals surface area (Å²) in [7, 11) is 0. The third-order valence-corrected chi connectivity index (χ3v) is 4.42. The maximum absolute atomic E-state index is 12.0.